The highest BCUT2D eigenvalue weighted by Crippen LogP contribution is 2.43. The normalized spacial score (nSPS) is 37.8. The van der Waals surface area contributed by atoms with E-state index in [1.54, 1.807) is 0 Å². The predicted octanol–water partition coefficient (Wildman–Crippen LogP) is 3.18. The molecule has 0 spiro atoms. The zero-order valence-corrected chi connectivity index (χ0v) is 12.4. The molecule has 2 fully saturated rings. The van der Waals surface area contributed by atoms with E-state index in [-0.39, 0.29) is 0 Å². The number of nitrogens with one attached hydrogen (secondary N) is 1. The molecule has 0 aliphatic carbocycles. The summed E-state index contributed by atoms with van der Waals surface area (Å²) < 4.78 is 0. The van der Waals surface area contributed by atoms with Gasteiger partial charge < -0.3 is 5.32 Å². The third-order valence-corrected chi connectivity index (χ3v) is 5.10. The average Bonchev–Trinajstić information content (AvgIpc) is 2.59. The van der Waals surface area contributed by atoms with E-state index < -0.39 is 0 Å². The Kier molecular flexibility index (Phi) is 3.18. The Morgan fingerprint density at radius 2 is 1.68 bits per heavy atom. The van der Waals surface area contributed by atoms with Crippen LogP contribution in [-0.2, 0) is 6.54 Å². The lowest BCUT2D eigenvalue weighted by atomic mass is 9.84. The summed E-state index contributed by atoms with van der Waals surface area (Å²) in [5.41, 5.74) is 2.15. The van der Waals surface area contributed by atoms with Gasteiger partial charge in [-0.2, -0.15) is 0 Å². The standard InChI is InChI=1S/C17H26N2/c1-16-9-10-17(2,18-16)12-15(11-16)19(3)13-14-7-5-4-6-8-14/h4-8,15,18H,9-13H2,1-3H3. The second-order valence-corrected chi connectivity index (χ2v) is 7.21. The Morgan fingerprint density at radius 1 is 1.11 bits per heavy atom. The molecular formula is C17H26N2. The van der Waals surface area contributed by atoms with Crippen LogP contribution < -0.4 is 5.32 Å². The lowest BCUT2D eigenvalue weighted by Gasteiger charge is -2.45. The molecule has 0 saturated carbocycles. The van der Waals surface area contributed by atoms with Crippen LogP contribution in [0, 0.1) is 0 Å². The van der Waals surface area contributed by atoms with Gasteiger partial charge in [-0.1, -0.05) is 30.3 Å². The van der Waals surface area contributed by atoms with Gasteiger partial charge in [-0.3, -0.25) is 4.90 Å². The molecule has 2 bridgehead atoms. The molecule has 2 heterocycles. The van der Waals surface area contributed by atoms with Gasteiger partial charge in [0.05, 0.1) is 0 Å². The third kappa shape index (κ3) is 2.70. The maximum atomic E-state index is 3.87. The predicted molar refractivity (Wildman–Crippen MR) is 80.1 cm³/mol. The highest BCUT2D eigenvalue weighted by atomic mass is 15.2. The smallest absolute Gasteiger partial charge is 0.0233 e. The lowest BCUT2D eigenvalue weighted by molar-refractivity contribution is 0.104. The Hall–Kier alpha value is -0.860. The maximum absolute atomic E-state index is 3.87. The monoisotopic (exact) mass is 258 g/mol. The highest BCUT2D eigenvalue weighted by Gasteiger charge is 2.49. The highest BCUT2D eigenvalue weighted by molar-refractivity contribution is 5.15. The van der Waals surface area contributed by atoms with Gasteiger partial charge in [-0.05, 0) is 52.1 Å². The molecule has 1 N–H and O–H groups in total. The quantitative estimate of drug-likeness (QED) is 0.896. The molecule has 2 aliphatic heterocycles. The molecule has 2 unspecified atom stereocenters. The fourth-order valence-electron chi connectivity index (χ4n) is 4.14. The zero-order chi connectivity index (χ0) is 13.5. The largest absolute Gasteiger partial charge is 0.306 e. The fraction of sp³-hybridized carbons (Fsp3) is 0.647. The second-order valence-electron chi connectivity index (χ2n) is 7.21. The van der Waals surface area contributed by atoms with Gasteiger partial charge in [0, 0.05) is 23.7 Å². The molecule has 19 heavy (non-hydrogen) atoms. The van der Waals surface area contributed by atoms with E-state index in [1.165, 1.54) is 31.2 Å². The first kappa shape index (κ1) is 13.1. The third-order valence-electron chi connectivity index (χ3n) is 5.10. The van der Waals surface area contributed by atoms with E-state index in [4.69, 9.17) is 0 Å². The summed E-state index contributed by atoms with van der Waals surface area (Å²) >= 11 is 0. The van der Waals surface area contributed by atoms with Crippen LogP contribution in [0.5, 0.6) is 0 Å². The second kappa shape index (κ2) is 4.60. The van der Waals surface area contributed by atoms with Crippen molar-refractivity contribution in [1.29, 1.82) is 0 Å². The van der Waals surface area contributed by atoms with Gasteiger partial charge in [0.15, 0.2) is 0 Å². The van der Waals surface area contributed by atoms with Crippen LogP contribution in [0.2, 0.25) is 0 Å². The van der Waals surface area contributed by atoms with Crippen molar-refractivity contribution in [2.24, 2.45) is 0 Å². The van der Waals surface area contributed by atoms with Crippen LogP contribution in [0.3, 0.4) is 0 Å². The lowest BCUT2D eigenvalue weighted by Crippen LogP contribution is -2.58. The Bertz CT molecular complexity index is 426. The number of benzene rings is 1. The van der Waals surface area contributed by atoms with Gasteiger partial charge in [-0.25, -0.2) is 0 Å². The van der Waals surface area contributed by atoms with E-state index in [2.05, 4.69) is 61.4 Å². The number of fused-ring (bicyclic) bond motifs is 2. The van der Waals surface area contributed by atoms with Crippen molar-refractivity contribution < 1.29 is 0 Å². The summed E-state index contributed by atoms with van der Waals surface area (Å²) in [5, 5.41) is 3.87. The molecule has 0 aromatic heterocycles. The van der Waals surface area contributed by atoms with Crippen LogP contribution in [0.4, 0.5) is 0 Å². The van der Waals surface area contributed by atoms with E-state index >= 15 is 0 Å². The molecule has 0 radical (unpaired) electrons. The molecule has 1 aromatic carbocycles. The van der Waals surface area contributed by atoms with Crippen LogP contribution in [0.25, 0.3) is 0 Å². The summed E-state index contributed by atoms with van der Waals surface area (Å²) in [6.45, 7) is 5.87. The van der Waals surface area contributed by atoms with Gasteiger partial charge in [-0.15, -0.1) is 0 Å². The Morgan fingerprint density at radius 3 is 2.26 bits per heavy atom. The van der Waals surface area contributed by atoms with Gasteiger partial charge in [0.25, 0.3) is 0 Å². The summed E-state index contributed by atoms with van der Waals surface area (Å²) in [5.74, 6) is 0. The molecule has 2 saturated heterocycles. The van der Waals surface area contributed by atoms with E-state index in [0.717, 1.165) is 6.54 Å². The van der Waals surface area contributed by atoms with Crippen LogP contribution in [-0.4, -0.2) is 29.1 Å². The number of rotatable bonds is 3. The Balaban J connectivity index is 1.69. The molecule has 0 amide bonds. The minimum absolute atomic E-state index is 0.364. The van der Waals surface area contributed by atoms with Crippen LogP contribution in [0.1, 0.15) is 45.1 Å². The molecule has 2 heteroatoms. The molecule has 2 nitrogen and oxygen atoms in total. The SMILES string of the molecule is CN(Cc1ccccc1)C1CC2(C)CCC(C)(C1)N2. The molecule has 1 aromatic rings. The fourth-order valence-corrected chi connectivity index (χ4v) is 4.14. The average molecular weight is 258 g/mol. The van der Waals surface area contributed by atoms with E-state index in [0.29, 0.717) is 17.1 Å². The minimum atomic E-state index is 0.364. The molecule has 2 aliphatic rings. The van der Waals surface area contributed by atoms with Crippen molar-refractivity contribution in [2.75, 3.05) is 7.05 Å². The summed E-state index contributed by atoms with van der Waals surface area (Å²) in [7, 11) is 2.29. The molecule has 3 rings (SSSR count). The number of nitrogens with zero attached hydrogens (tertiary/aromatic N) is 1. The molecular weight excluding hydrogens is 232 g/mol. The van der Waals surface area contributed by atoms with Crippen molar-refractivity contribution in [3.05, 3.63) is 35.9 Å². The van der Waals surface area contributed by atoms with Crippen LogP contribution in [0.15, 0.2) is 30.3 Å². The summed E-state index contributed by atoms with van der Waals surface area (Å²) in [6, 6.07) is 11.5. The van der Waals surface area contributed by atoms with E-state index in [9.17, 15) is 0 Å². The number of hydrogen-bond donors (Lipinski definition) is 1. The van der Waals surface area contributed by atoms with Crippen molar-refractivity contribution in [3.63, 3.8) is 0 Å². The van der Waals surface area contributed by atoms with Crippen molar-refractivity contribution in [2.45, 2.75) is 63.2 Å². The molecule has 2 atom stereocenters. The van der Waals surface area contributed by atoms with E-state index in [1.807, 2.05) is 0 Å². The van der Waals surface area contributed by atoms with Gasteiger partial charge >= 0.3 is 0 Å². The number of piperidine rings is 1. The van der Waals surface area contributed by atoms with Crippen molar-refractivity contribution >= 4 is 0 Å². The van der Waals surface area contributed by atoms with Crippen LogP contribution >= 0.6 is 0 Å². The van der Waals surface area contributed by atoms with Crippen molar-refractivity contribution in [3.8, 4) is 0 Å². The first-order valence-corrected chi connectivity index (χ1v) is 7.52. The summed E-state index contributed by atoms with van der Waals surface area (Å²) in [4.78, 5) is 2.55. The molecule has 104 valence electrons. The number of hydrogen-bond acceptors (Lipinski definition) is 2. The first-order chi connectivity index (χ1) is 8.98. The minimum Gasteiger partial charge on any atom is -0.306 e. The van der Waals surface area contributed by atoms with Crippen molar-refractivity contribution in [1.82, 2.24) is 10.2 Å². The topological polar surface area (TPSA) is 15.3 Å². The zero-order valence-electron chi connectivity index (χ0n) is 12.4. The van der Waals surface area contributed by atoms with Gasteiger partial charge in [0.2, 0.25) is 0 Å². The summed E-state index contributed by atoms with van der Waals surface area (Å²) in [6.07, 6.45) is 5.23. The first-order valence-electron chi connectivity index (χ1n) is 7.52. The van der Waals surface area contributed by atoms with Gasteiger partial charge in [0.1, 0.15) is 0 Å². The Labute approximate surface area is 117 Å². The maximum Gasteiger partial charge on any atom is 0.0233 e.